The lowest BCUT2D eigenvalue weighted by atomic mass is 9.88. The van der Waals surface area contributed by atoms with Crippen LogP contribution in [0.5, 0.6) is 0 Å². The SMILES string of the molecule is CC[C@]12O[C@@H](n3cc(C)c(-n4cncn4)nc3=O)[C@@H](OC13CC3)C2O[Si](CC)(CC)CC.CC[C@]12O[C@@H](n3cc(C)c(=O)[nH]c3=O)[C@@H](OC13CC3)C2O.CC[C@]12O[C@@H](n3cc(C)c(=O)[nH]c3=O)[C@@H](OC13CC3)C2O[Si](CC)(CC)CC.CC[C@]12O[C@@H](n3cc(C)c(N)nc3=O)[C@@H](OC13CC3)C2O[Si](CC)(CC)CC.CC[C@]12O[C@@H](n3cc(C)c(NC(=O)c4ccccc4)nc3=O)[C@@H](OC13CC3)C2O[Si](CC)(CC)CC. The highest BCUT2D eigenvalue weighted by atomic mass is 28.4. The second kappa shape index (κ2) is 39.3. The van der Waals surface area contributed by atoms with Gasteiger partial charge in [0.25, 0.3) is 17.0 Å². The molecule has 5 spiro atoms. The molecule has 7 aromatic rings. The quantitative estimate of drug-likeness (QED) is 0.0239. The predicted molar refractivity (Wildman–Crippen MR) is 550 cm³/mol. The normalized spacial score (nSPS) is 32.0. The summed E-state index contributed by atoms with van der Waals surface area (Å²) in [6, 6.07) is 21.6. The molecule has 42 heteroatoms. The first-order valence-corrected chi connectivity index (χ1v) is 63.9. The van der Waals surface area contributed by atoms with Gasteiger partial charge in [-0.3, -0.25) is 47.2 Å². The average Bonchev–Trinajstić information content (AvgIpc) is 1.51. The number of fused-ring (bicyclic) bond motifs is 15. The van der Waals surface area contributed by atoms with Gasteiger partial charge in [-0.25, -0.2) is 33.6 Å². The maximum absolute atomic E-state index is 13.2. The Morgan fingerprint density at radius 2 is 0.690 bits per heavy atom. The number of aliphatic hydroxyl groups is 1. The number of aryl methyl sites for hydroxylation is 5. The highest BCUT2D eigenvalue weighted by Gasteiger charge is 2.84. The van der Waals surface area contributed by atoms with Gasteiger partial charge in [-0.1, -0.05) is 136 Å². The molecule has 6 aromatic heterocycles. The van der Waals surface area contributed by atoms with E-state index in [0.29, 0.717) is 34.5 Å². The largest absolute Gasteiger partial charge is 0.408 e. The van der Waals surface area contributed by atoms with Crippen LogP contribution in [0.15, 0.2) is 108 Å². The van der Waals surface area contributed by atoms with Crippen LogP contribution in [-0.2, 0) is 65.1 Å². The van der Waals surface area contributed by atoms with Crippen LogP contribution >= 0.6 is 0 Å². The maximum atomic E-state index is 13.2. The van der Waals surface area contributed by atoms with Crippen LogP contribution in [0.25, 0.3) is 5.82 Å². The molecular weight excluding hydrogens is 1930 g/mol. The molecule has 0 radical (unpaired) electrons. The highest BCUT2D eigenvalue weighted by Crippen LogP contribution is 2.72. The standard InChI is InChI=1S/C27H37N3O5Si.C22H33N5O4Si.C20H33N3O4Si.C20H32N2O5Si.C14H18N2O5/c1-6-27-21(35-36(7-2,8-3)9-4)20(33-26(27)15-16-26)24(34-27)30-17-18(5)22(29-25(30)32)28-23(31)19-13-11-10-12-14-19;1-6-22-17(31-32(7-2,8-3)9-4)16(29-21(22)10-11-21)19(30-22)26-12-15(5)18(25-20(26)28)27-14-23-13-24-27;1-6-20-15(27-28(7-2,8-3)9-4)14(25-19(20)10-11-19)17(26-20)23-12-13(5)16(21)22-18(23)24;1-6-20-15(27-28(7-2,8-3)9-4)14(25-19(20)10-11-19)17(26-20)22-12-13(5)16(23)21-18(22)24;1-3-14-9(17)8(20-13(14)4-5-13)11(21-14)16-6-7(2)10(18)15-12(16)19/h10-14,17,20-21,24H,6-9,15-16H2,1-5H3,(H,28,29,31,32);12-14,16-17,19H,6-11H2,1-5H3;12,14-15,17H,6-11H2,1-5H3,(H2,21,22,24);12,14-15,17H,6-11H2,1-5H3,(H,21,23,24);6,8-9,11,17H,3-5H2,1-2H3,(H,15,18,19)/t20-,21?,24+,27+;16-,17?,19+,22+;2*14-,15?,17+,20+;8-,9?,11+,14+/m00000/s1. The summed E-state index contributed by atoms with van der Waals surface area (Å²) in [5.41, 5.74) is 2.09. The fraction of sp³-hybridized carbons (Fsp3) is 0.718. The molecule has 22 rings (SSSR count). The summed E-state index contributed by atoms with van der Waals surface area (Å²) in [4.78, 5) is 120. The Morgan fingerprint density at radius 3 is 1.02 bits per heavy atom. The van der Waals surface area contributed by atoms with E-state index in [1.54, 1.807) is 72.0 Å². The Morgan fingerprint density at radius 1 is 0.393 bits per heavy atom. The molecule has 1 amide bonds. The van der Waals surface area contributed by atoms with Crippen molar-refractivity contribution in [1.29, 1.82) is 0 Å². The van der Waals surface area contributed by atoms with Gasteiger partial charge in [0, 0.05) is 64.4 Å². The molecule has 6 N–H and O–H groups in total. The van der Waals surface area contributed by atoms with Crippen molar-refractivity contribution in [3.05, 3.63) is 180 Å². The summed E-state index contributed by atoms with van der Waals surface area (Å²) in [6.45, 7) is 46.1. The Hall–Kier alpha value is -8.10. The van der Waals surface area contributed by atoms with Gasteiger partial charge in [0.05, 0.1) is 0 Å². The molecule has 15 aliphatic rings. The number of hydrogen-bond acceptors (Lipinski definition) is 29. The third kappa shape index (κ3) is 16.9. The third-order valence-electron chi connectivity index (χ3n) is 36.9. The number of aromatic amines is 2. The minimum atomic E-state index is -1.95. The first-order valence-electron chi connectivity index (χ1n) is 53.8. The Bertz CT molecular complexity index is 6370. The number of aliphatic hydroxyl groups excluding tert-OH is 1. The molecule has 145 heavy (non-hydrogen) atoms. The van der Waals surface area contributed by atoms with E-state index in [2.05, 4.69) is 151 Å². The summed E-state index contributed by atoms with van der Waals surface area (Å²) >= 11 is 0. The lowest BCUT2D eigenvalue weighted by Gasteiger charge is -2.40. The van der Waals surface area contributed by atoms with Gasteiger partial charge in [-0.2, -0.15) is 20.1 Å². The zero-order valence-corrected chi connectivity index (χ0v) is 92.6. The number of hydrogen-bond donors (Lipinski definition) is 5. The van der Waals surface area contributed by atoms with Crippen LogP contribution in [0.4, 0.5) is 11.6 Å². The Kier molecular flexibility index (Phi) is 28.9. The zero-order valence-electron chi connectivity index (χ0n) is 88.6. The molecule has 10 saturated heterocycles. The van der Waals surface area contributed by atoms with E-state index < -0.39 is 133 Å². The minimum Gasteiger partial charge on any atom is -0.408 e. The summed E-state index contributed by atoms with van der Waals surface area (Å²) < 4.78 is 102. The molecule has 38 nitrogen and oxygen atoms in total. The third-order valence-corrected chi connectivity index (χ3v) is 55.4. The molecule has 5 unspecified atom stereocenters. The molecule has 16 heterocycles. The van der Waals surface area contributed by atoms with E-state index in [4.69, 9.17) is 70.8 Å². The number of carbonyl (C=O) groups is 1. The molecule has 1 aromatic carbocycles. The molecule has 15 fully saturated rings. The molecule has 10 aliphatic heterocycles. The molecular formula is C103H153N15O23Si4. The minimum absolute atomic E-state index is 0.138. The number of nitrogens with two attached hydrogens (primary N) is 1. The van der Waals surface area contributed by atoms with Gasteiger partial charge in [-0.05, 0) is 216 Å². The predicted octanol–water partition coefficient (Wildman–Crippen LogP) is 13.7. The van der Waals surface area contributed by atoms with Gasteiger partial charge < -0.3 is 81.2 Å². The second-order valence-corrected chi connectivity index (χ2v) is 62.1. The number of nitrogens with zero attached hydrogens (tertiary/aromatic N) is 11. The number of ether oxygens (including phenoxy) is 10. The van der Waals surface area contributed by atoms with Gasteiger partial charge >= 0.3 is 28.4 Å². The zero-order chi connectivity index (χ0) is 104. The first-order chi connectivity index (χ1) is 69.2. The fourth-order valence-electron chi connectivity index (χ4n) is 26.4. The monoisotopic (exact) mass is 2080 g/mol. The summed E-state index contributed by atoms with van der Waals surface area (Å²) in [5, 5.41) is 17.4. The van der Waals surface area contributed by atoms with Crippen molar-refractivity contribution in [1.82, 2.24) is 62.5 Å². The summed E-state index contributed by atoms with van der Waals surface area (Å²) in [6.07, 6.45) is 18.4. The maximum Gasteiger partial charge on any atom is 0.351 e. The van der Waals surface area contributed by atoms with Gasteiger partial charge in [0.2, 0.25) is 0 Å². The topological polar surface area (TPSA) is 450 Å². The molecule has 794 valence electrons. The van der Waals surface area contributed by atoms with E-state index in [0.717, 1.165) is 174 Å². The Balaban J connectivity index is 0.000000120. The number of benzene rings is 1. The van der Waals surface area contributed by atoms with Crippen molar-refractivity contribution in [2.45, 2.75) is 469 Å². The van der Waals surface area contributed by atoms with Crippen molar-refractivity contribution in [3.63, 3.8) is 0 Å². The number of aromatic nitrogens is 13. The molecule has 5 saturated carbocycles. The number of H-pyrrole nitrogens is 2. The number of amides is 1. The highest BCUT2D eigenvalue weighted by molar-refractivity contribution is 6.75. The van der Waals surface area contributed by atoms with Gasteiger partial charge in [0.15, 0.2) is 70.2 Å². The van der Waals surface area contributed by atoms with Gasteiger partial charge in [0.1, 0.15) is 141 Å². The average molecular weight is 2080 g/mol. The smallest absolute Gasteiger partial charge is 0.351 e. The van der Waals surface area contributed by atoms with Crippen LogP contribution in [-0.4, -0.2) is 224 Å². The first kappa shape index (κ1) is 107. The van der Waals surface area contributed by atoms with Crippen molar-refractivity contribution < 1.29 is 75.0 Å². The number of anilines is 2. The van der Waals surface area contributed by atoms with E-state index in [1.165, 1.54) is 37.2 Å². The van der Waals surface area contributed by atoms with Crippen LogP contribution < -0.4 is 50.6 Å². The van der Waals surface area contributed by atoms with Crippen molar-refractivity contribution in [2.24, 2.45) is 0 Å². The van der Waals surface area contributed by atoms with E-state index >= 15 is 0 Å². The van der Waals surface area contributed by atoms with Crippen molar-refractivity contribution in [2.75, 3.05) is 11.1 Å². The number of rotatable bonds is 33. The number of carbonyl (C=O) groups excluding carboxylic acids is 1. The van der Waals surface area contributed by atoms with Crippen LogP contribution in [0.3, 0.4) is 0 Å². The fourth-order valence-corrected chi connectivity index (χ4v) is 37.9. The van der Waals surface area contributed by atoms with Crippen LogP contribution in [0.1, 0.15) is 283 Å². The molecule has 10 bridgehead atoms. The van der Waals surface area contributed by atoms with Gasteiger partial charge in [-0.15, -0.1) is 0 Å². The lowest BCUT2D eigenvalue weighted by molar-refractivity contribution is -0.226. The van der Waals surface area contributed by atoms with Crippen LogP contribution in [0.2, 0.25) is 72.5 Å². The molecule has 20 atom stereocenters. The van der Waals surface area contributed by atoms with Crippen LogP contribution in [0, 0.1) is 34.6 Å². The Labute approximate surface area is 850 Å². The lowest BCUT2D eigenvalue weighted by Crippen LogP contribution is -2.53. The van der Waals surface area contributed by atoms with E-state index in [1.807, 2.05) is 33.8 Å². The van der Waals surface area contributed by atoms with Crippen molar-refractivity contribution >= 4 is 50.8 Å². The van der Waals surface area contributed by atoms with Crippen molar-refractivity contribution in [3.8, 4) is 5.82 Å². The number of nitrogens with one attached hydrogen (secondary N) is 3. The van der Waals surface area contributed by atoms with E-state index in [9.17, 15) is 43.5 Å². The second-order valence-electron chi connectivity index (χ2n) is 43.2. The summed E-state index contributed by atoms with van der Waals surface area (Å²) in [7, 11) is -7.62. The number of nitrogen functional groups attached to an aromatic ring is 1. The summed E-state index contributed by atoms with van der Waals surface area (Å²) in [5.74, 6) is 0.673. The molecule has 5 aliphatic carbocycles. The van der Waals surface area contributed by atoms with E-state index in [-0.39, 0.29) is 106 Å².